The highest BCUT2D eigenvalue weighted by Gasteiger charge is 2.46. The topological polar surface area (TPSA) is 109 Å². The molecule has 5 heterocycles. The number of halogens is 3. The number of fused-ring (bicyclic) bond motifs is 2. The third-order valence-corrected chi connectivity index (χ3v) is 10.6. The SMILES string of the molecule is C#Cc1cc2c(N3CCC4(CC3)CN(C(=O)C=C)C4)nc(OC3CCN(CCOC)CC3)nc2c(OCC(F)(F)F)c1-c1c(C)ccc2[nH]ncc12. The summed E-state index contributed by atoms with van der Waals surface area (Å²) in [5.74, 6) is 3.08. The lowest BCUT2D eigenvalue weighted by Gasteiger charge is -2.54. The van der Waals surface area contributed by atoms with Crippen LogP contribution in [-0.4, -0.2) is 114 Å². The molecule has 3 aliphatic rings. The number of methoxy groups -OCH3 is 1. The monoisotopic (exact) mass is 717 g/mol. The number of aromatic nitrogens is 4. The fourth-order valence-electron chi connectivity index (χ4n) is 7.79. The van der Waals surface area contributed by atoms with E-state index in [1.165, 1.54) is 6.08 Å². The van der Waals surface area contributed by atoms with Crippen molar-refractivity contribution in [1.82, 2.24) is 30.0 Å². The second-order valence-electron chi connectivity index (χ2n) is 14.0. The second kappa shape index (κ2) is 14.3. The molecule has 14 heteroatoms. The number of terminal acetylenes is 1. The van der Waals surface area contributed by atoms with Crippen molar-refractivity contribution in [3.8, 4) is 35.2 Å². The van der Waals surface area contributed by atoms with E-state index in [-0.39, 0.29) is 34.7 Å². The van der Waals surface area contributed by atoms with E-state index < -0.39 is 12.8 Å². The van der Waals surface area contributed by atoms with Crippen molar-refractivity contribution >= 4 is 33.5 Å². The lowest BCUT2D eigenvalue weighted by molar-refractivity contribution is -0.153. The predicted molar refractivity (Wildman–Crippen MR) is 191 cm³/mol. The Morgan fingerprint density at radius 3 is 2.56 bits per heavy atom. The van der Waals surface area contributed by atoms with Crippen LogP contribution in [0.1, 0.15) is 36.8 Å². The number of piperidine rings is 2. The summed E-state index contributed by atoms with van der Waals surface area (Å²) in [5.41, 5.74) is 2.92. The minimum absolute atomic E-state index is 0.00690. The largest absolute Gasteiger partial charge is 0.481 e. The number of hydrogen-bond donors (Lipinski definition) is 1. The first-order valence-corrected chi connectivity index (χ1v) is 17.5. The minimum atomic E-state index is -4.64. The maximum atomic E-state index is 13.9. The van der Waals surface area contributed by atoms with Gasteiger partial charge in [0.25, 0.3) is 0 Å². The van der Waals surface area contributed by atoms with Crippen LogP contribution in [0.15, 0.2) is 37.1 Å². The van der Waals surface area contributed by atoms with Crippen LogP contribution >= 0.6 is 0 Å². The van der Waals surface area contributed by atoms with Gasteiger partial charge in [0.2, 0.25) is 5.91 Å². The molecular weight excluding hydrogens is 675 g/mol. The average Bonchev–Trinajstić information content (AvgIpc) is 3.60. The standard InChI is InChI=1S/C38H42F3N7O4/c1-5-25-19-27-33(34(51-23-38(39,40)41)32(25)31-24(3)7-8-29-28(31)20-42-45-29)43-36(52-26-9-13-46(14-10-26)17-18-50-4)44-35(27)47-15-11-37(12-16-47)21-48(22-37)30(49)6-2/h1,6-8,19-20,26H,2,9-18,21-23H2,3-4H3,(H,42,45). The number of likely N-dealkylation sites (tertiary alicyclic amines) is 2. The Balaban J connectivity index is 1.34. The molecule has 3 fully saturated rings. The smallest absolute Gasteiger partial charge is 0.422 e. The van der Waals surface area contributed by atoms with Gasteiger partial charge in [-0.25, -0.2) is 0 Å². The second-order valence-corrected chi connectivity index (χ2v) is 14.0. The molecule has 4 aromatic rings. The maximum Gasteiger partial charge on any atom is 0.422 e. The van der Waals surface area contributed by atoms with Gasteiger partial charge in [0, 0.05) is 85.8 Å². The summed E-state index contributed by atoms with van der Waals surface area (Å²) in [5, 5.41) is 8.30. The number of aromatic amines is 1. The molecule has 7 rings (SSSR count). The van der Waals surface area contributed by atoms with Gasteiger partial charge in [-0.05, 0) is 56.4 Å². The van der Waals surface area contributed by atoms with Crippen molar-refractivity contribution in [3.63, 3.8) is 0 Å². The maximum absolute atomic E-state index is 13.9. The van der Waals surface area contributed by atoms with Gasteiger partial charge >= 0.3 is 12.2 Å². The molecule has 0 radical (unpaired) electrons. The van der Waals surface area contributed by atoms with Crippen LogP contribution in [0.5, 0.6) is 11.8 Å². The molecule has 0 aliphatic carbocycles. The molecule has 2 aromatic heterocycles. The number of carbonyl (C=O) groups is 1. The average molecular weight is 718 g/mol. The van der Waals surface area contributed by atoms with E-state index in [4.69, 9.17) is 30.6 Å². The Hall–Kier alpha value is -4.87. The number of amides is 1. The first kappa shape index (κ1) is 35.5. The van der Waals surface area contributed by atoms with E-state index in [9.17, 15) is 18.0 Å². The minimum Gasteiger partial charge on any atom is -0.481 e. The van der Waals surface area contributed by atoms with Gasteiger partial charge in [0.15, 0.2) is 12.4 Å². The Labute approximate surface area is 300 Å². The molecule has 3 saturated heterocycles. The van der Waals surface area contributed by atoms with Gasteiger partial charge < -0.3 is 28.9 Å². The molecule has 1 amide bonds. The number of ether oxygens (including phenoxy) is 3. The normalized spacial score (nSPS) is 18.1. The molecule has 0 saturated carbocycles. The number of rotatable bonds is 10. The Kier molecular flexibility index (Phi) is 9.75. The number of hydrogen-bond acceptors (Lipinski definition) is 9. The molecule has 274 valence electrons. The van der Waals surface area contributed by atoms with E-state index in [0.717, 1.165) is 50.9 Å². The molecule has 1 spiro atoms. The van der Waals surface area contributed by atoms with Crippen molar-refractivity contribution in [3.05, 3.63) is 48.2 Å². The first-order valence-electron chi connectivity index (χ1n) is 17.5. The van der Waals surface area contributed by atoms with E-state index >= 15 is 0 Å². The summed E-state index contributed by atoms with van der Waals surface area (Å²) in [4.78, 5) is 28.2. The molecule has 0 atom stereocenters. The quantitative estimate of drug-likeness (QED) is 0.168. The fraction of sp³-hybridized carbons (Fsp3) is 0.474. The van der Waals surface area contributed by atoms with Gasteiger partial charge in [-0.15, -0.1) is 6.42 Å². The van der Waals surface area contributed by atoms with Gasteiger partial charge in [0.05, 0.1) is 18.3 Å². The van der Waals surface area contributed by atoms with Crippen LogP contribution in [0.2, 0.25) is 0 Å². The zero-order valence-corrected chi connectivity index (χ0v) is 29.4. The first-order chi connectivity index (χ1) is 25.0. The summed E-state index contributed by atoms with van der Waals surface area (Å²) >= 11 is 0. The summed E-state index contributed by atoms with van der Waals surface area (Å²) in [6, 6.07) is 5.56. The number of benzene rings is 2. The van der Waals surface area contributed by atoms with E-state index in [1.807, 2.05) is 19.1 Å². The summed E-state index contributed by atoms with van der Waals surface area (Å²) < 4.78 is 59.3. The molecule has 0 unspecified atom stereocenters. The summed E-state index contributed by atoms with van der Waals surface area (Å²) in [6.45, 7) is 9.53. The van der Waals surface area contributed by atoms with Crippen LogP contribution < -0.4 is 14.4 Å². The molecule has 52 heavy (non-hydrogen) atoms. The van der Waals surface area contributed by atoms with Crippen LogP contribution in [0.25, 0.3) is 32.9 Å². The molecule has 1 N–H and O–H groups in total. The third kappa shape index (κ3) is 6.99. The van der Waals surface area contributed by atoms with Crippen LogP contribution in [0.4, 0.5) is 19.0 Å². The highest BCUT2D eigenvalue weighted by Crippen LogP contribution is 2.47. The van der Waals surface area contributed by atoms with Crippen LogP contribution in [0, 0.1) is 24.7 Å². The van der Waals surface area contributed by atoms with Gasteiger partial charge in [-0.1, -0.05) is 18.6 Å². The number of carbonyl (C=O) groups excluding carboxylic acids is 1. The van der Waals surface area contributed by atoms with Crippen LogP contribution in [-0.2, 0) is 9.53 Å². The number of alkyl halides is 3. The highest BCUT2D eigenvalue weighted by atomic mass is 19.4. The van der Waals surface area contributed by atoms with Gasteiger partial charge in [0.1, 0.15) is 17.4 Å². The van der Waals surface area contributed by atoms with Crippen molar-refractivity contribution in [2.75, 3.05) is 71.0 Å². The number of aryl methyl sites for hydroxylation is 1. The van der Waals surface area contributed by atoms with Crippen molar-refractivity contribution in [2.24, 2.45) is 5.41 Å². The zero-order chi connectivity index (χ0) is 36.6. The molecular formula is C38H42F3N7O4. The predicted octanol–water partition coefficient (Wildman–Crippen LogP) is 5.51. The zero-order valence-electron chi connectivity index (χ0n) is 29.4. The number of H-pyrrole nitrogens is 1. The Morgan fingerprint density at radius 1 is 1.13 bits per heavy atom. The summed E-state index contributed by atoms with van der Waals surface area (Å²) in [7, 11) is 1.68. The lowest BCUT2D eigenvalue weighted by Crippen LogP contribution is -2.61. The number of anilines is 1. The molecule has 0 bridgehead atoms. The van der Waals surface area contributed by atoms with E-state index in [0.29, 0.717) is 71.6 Å². The summed E-state index contributed by atoms with van der Waals surface area (Å²) in [6.07, 6.45) is 7.35. The van der Waals surface area contributed by atoms with Crippen molar-refractivity contribution < 1.29 is 32.2 Å². The number of nitrogens with one attached hydrogen (secondary N) is 1. The van der Waals surface area contributed by atoms with Crippen LogP contribution in [0.3, 0.4) is 0 Å². The number of nitrogens with zero attached hydrogens (tertiary/aromatic N) is 6. The van der Waals surface area contributed by atoms with E-state index in [2.05, 4.69) is 32.5 Å². The molecule has 11 nitrogen and oxygen atoms in total. The molecule has 3 aliphatic heterocycles. The third-order valence-electron chi connectivity index (χ3n) is 10.6. The van der Waals surface area contributed by atoms with Crippen molar-refractivity contribution in [2.45, 2.75) is 44.9 Å². The Morgan fingerprint density at radius 2 is 1.88 bits per heavy atom. The van der Waals surface area contributed by atoms with Gasteiger partial charge in [-0.3, -0.25) is 9.89 Å². The highest BCUT2D eigenvalue weighted by molar-refractivity contribution is 6.06. The fourth-order valence-corrected chi connectivity index (χ4v) is 7.79. The lowest BCUT2D eigenvalue weighted by atomic mass is 9.72. The van der Waals surface area contributed by atoms with E-state index in [1.54, 1.807) is 24.3 Å². The van der Waals surface area contributed by atoms with Crippen molar-refractivity contribution in [1.29, 1.82) is 0 Å². The Bertz CT molecular complexity index is 2020. The molecule has 2 aromatic carbocycles. The van der Waals surface area contributed by atoms with Gasteiger partial charge in [-0.2, -0.15) is 28.2 Å².